The zero-order valence-corrected chi connectivity index (χ0v) is 11.7. The van der Waals surface area contributed by atoms with Crippen LogP contribution >= 0.6 is 0 Å². The predicted octanol–water partition coefficient (Wildman–Crippen LogP) is 0.552. The molecule has 8 nitrogen and oxygen atoms in total. The number of urea groups is 1. The second kappa shape index (κ2) is 4.96. The van der Waals surface area contributed by atoms with Gasteiger partial charge in [0.05, 0.1) is 6.04 Å². The number of aromatic nitrogens is 2. The van der Waals surface area contributed by atoms with Gasteiger partial charge in [0.15, 0.2) is 0 Å². The molecule has 2 N–H and O–H groups in total. The van der Waals surface area contributed by atoms with E-state index in [-0.39, 0.29) is 18.1 Å². The smallest absolute Gasteiger partial charge is 0.344 e. The van der Waals surface area contributed by atoms with Crippen molar-refractivity contribution >= 4 is 6.03 Å². The number of amides is 2. The standard InChI is InChI=1S/C13H19N5O3/c19-13-17-7-9(18(13)20)1-2-10(17)12-16-15-11(21-12)5-8-3-4-14-6-8/h8-10,14,20H,1-7H2/t8?,9?,10-/m0/s1. The molecular formula is C13H19N5O3. The molecule has 1 aromatic heterocycles. The van der Waals surface area contributed by atoms with E-state index in [0.717, 1.165) is 43.8 Å². The number of nitrogens with zero attached hydrogens (tertiary/aromatic N) is 4. The van der Waals surface area contributed by atoms with Crippen molar-refractivity contribution in [1.29, 1.82) is 0 Å². The molecule has 3 atom stereocenters. The SMILES string of the molecule is O=C1N(O)C2CC[C@@H](c3nnc(CC4CCNC4)o3)N1C2. The van der Waals surface area contributed by atoms with E-state index in [0.29, 0.717) is 24.2 Å². The van der Waals surface area contributed by atoms with E-state index in [1.165, 1.54) is 0 Å². The molecule has 0 aromatic carbocycles. The van der Waals surface area contributed by atoms with Gasteiger partial charge in [0.25, 0.3) is 0 Å². The summed E-state index contributed by atoms with van der Waals surface area (Å²) in [6.07, 6.45) is 3.43. The van der Waals surface area contributed by atoms with Crippen LogP contribution in [0.2, 0.25) is 0 Å². The Bertz CT molecular complexity index is 542. The van der Waals surface area contributed by atoms with Crippen LogP contribution in [0.1, 0.15) is 37.1 Å². The van der Waals surface area contributed by atoms with Gasteiger partial charge in [0, 0.05) is 13.0 Å². The van der Waals surface area contributed by atoms with E-state index in [1.807, 2.05) is 0 Å². The average Bonchev–Trinajstić information content (AvgIpc) is 3.21. The lowest BCUT2D eigenvalue weighted by Crippen LogP contribution is -2.34. The summed E-state index contributed by atoms with van der Waals surface area (Å²) in [4.78, 5) is 13.6. The van der Waals surface area contributed by atoms with Gasteiger partial charge in [-0.2, -0.15) is 0 Å². The molecule has 0 saturated carbocycles. The first-order chi connectivity index (χ1) is 10.2. The van der Waals surface area contributed by atoms with Crippen LogP contribution in [0.5, 0.6) is 0 Å². The van der Waals surface area contributed by atoms with Crippen LogP contribution in [0.15, 0.2) is 4.42 Å². The van der Waals surface area contributed by atoms with Crippen molar-refractivity contribution in [3.05, 3.63) is 11.8 Å². The Hall–Kier alpha value is -1.67. The van der Waals surface area contributed by atoms with E-state index >= 15 is 0 Å². The van der Waals surface area contributed by atoms with Crippen LogP contribution in [-0.2, 0) is 6.42 Å². The number of nitrogens with one attached hydrogen (secondary N) is 1. The van der Waals surface area contributed by atoms with Gasteiger partial charge in [0.2, 0.25) is 11.8 Å². The normalized spacial score (nSPS) is 32.2. The van der Waals surface area contributed by atoms with Crippen LogP contribution < -0.4 is 5.32 Å². The van der Waals surface area contributed by atoms with Gasteiger partial charge in [0.1, 0.15) is 6.04 Å². The molecule has 3 aliphatic heterocycles. The Kier molecular flexibility index (Phi) is 3.07. The van der Waals surface area contributed by atoms with Gasteiger partial charge in [-0.15, -0.1) is 10.2 Å². The lowest BCUT2D eigenvalue weighted by atomic mass is 10.0. The van der Waals surface area contributed by atoms with Crippen molar-refractivity contribution in [2.75, 3.05) is 19.6 Å². The predicted molar refractivity (Wildman–Crippen MR) is 70.5 cm³/mol. The monoisotopic (exact) mass is 293 g/mol. The molecule has 2 unspecified atom stereocenters. The van der Waals surface area contributed by atoms with Gasteiger partial charge in [-0.25, -0.2) is 9.86 Å². The molecule has 21 heavy (non-hydrogen) atoms. The third-order valence-corrected chi connectivity index (χ3v) is 4.74. The Balaban J connectivity index is 1.49. The van der Waals surface area contributed by atoms with Crippen molar-refractivity contribution in [2.45, 2.75) is 37.8 Å². The van der Waals surface area contributed by atoms with Gasteiger partial charge >= 0.3 is 6.03 Å². The summed E-state index contributed by atoms with van der Waals surface area (Å²) in [6.45, 7) is 2.57. The first kappa shape index (κ1) is 13.0. The zero-order chi connectivity index (χ0) is 14.4. The first-order valence-corrected chi connectivity index (χ1v) is 7.54. The maximum Gasteiger partial charge on any atom is 0.344 e. The fraction of sp³-hybridized carbons (Fsp3) is 0.769. The maximum atomic E-state index is 12.0. The molecule has 114 valence electrons. The molecular weight excluding hydrogens is 274 g/mol. The van der Waals surface area contributed by atoms with Gasteiger partial charge < -0.3 is 14.6 Å². The van der Waals surface area contributed by atoms with Crippen LogP contribution in [0.4, 0.5) is 4.79 Å². The summed E-state index contributed by atoms with van der Waals surface area (Å²) in [5.41, 5.74) is 0. The quantitative estimate of drug-likeness (QED) is 0.790. The Morgan fingerprint density at radius 3 is 3.05 bits per heavy atom. The summed E-state index contributed by atoms with van der Waals surface area (Å²) in [6, 6.07) is -0.656. The summed E-state index contributed by atoms with van der Waals surface area (Å²) < 4.78 is 5.78. The van der Waals surface area contributed by atoms with Crippen molar-refractivity contribution in [3.8, 4) is 0 Å². The summed E-state index contributed by atoms with van der Waals surface area (Å²) in [5, 5.41) is 22.1. The largest absolute Gasteiger partial charge is 0.423 e. The Labute approximate surface area is 122 Å². The van der Waals surface area contributed by atoms with Crippen molar-refractivity contribution in [1.82, 2.24) is 25.5 Å². The van der Waals surface area contributed by atoms with E-state index in [9.17, 15) is 10.0 Å². The molecule has 0 radical (unpaired) electrons. The highest BCUT2D eigenvalue weighted by molar-refractivity contribution is 5.76. The molecule has 0 aliphatic carbocycles. The second-order valence-electron chi connectivity index (χ2n) is 6.12. The molecule has 3 fully saturated rings. The number of carbonyl (C=O) groups excluding carboxylic acids is 1. The van der Waals surface area contributed by atoms with Crippen LogP contribution in [0.3, 0.4) is 0 Å². The Morgan fingerprint density at radius 1 is 1.33 bits per heavy atom. The summed E-state index contributed by atoms with van der Waals surface area (Å²) in [7, 11) is 0. The zero-order valence-electron chi connectivity index (χ0n) is 11.7. The number of hydrogen-bond donors (Lipinski definition) is 2. The molecule has 2 amide bonds. The molecule has 3 aliphatic rings. The van der Waals surface area contributed by atoms with E-state index < -0.39 is 0 Å². The number of piperidine rings is 1. The highest BCUT2D eigenvalue weighted by atomic mass is 16.5. The van der Waals surface area contributed by atoms with Crippen LogP contribution in [0, 0.1) is 5.92 Å². The van der Waals surface area contributed by atoms with Crippen molar-refractivity contribution < 1.29 is 14.4 Å². The highest BCUT2D eigenvalue weighted by Gasteiger charge is 2.46. The van der Waals surface area contributed by atoms with Crippen molar-refractivity contribution in [3.63, 3.8) is 0 Å². The second-order valence-corrected chi connectivity index (χ2v) is 6.12. The fourth-order valence-electron chi connectivity index (χ4n) is 3.53. The van der Waals surface area contributed by atoms with Crippen molar-refractivity contribution in [2.24, 2.45) is 5.92 Å². The number of hydrogen-bond acceptors (Lipinski definition) is 6. The number of fused-ring (bicyclic) bond motifs is 2. The van der Waals surface area contributed by atoms with E-state index in [1.54, 1.807) is 4.90 Å². The molecule has 2 bridgehead atoms. The van der Waals surface area contributed by atoms with Crippen LogP contribution in [0.25, 0.3) is 0 Å². The lowest BCUT2D eigenvalue weighted by molar-refractivity contribution is -0.0584. The summed E-state index contributed by atoms with van der Waals surface area (Å²) in [5.74, 6) is 1.70. The molecule has 0 spiro atoms. The lowest BCUT2D eigenvalue weighted by Gasteiger charge is -2.27. The molecule has 4 rings (SSSR count). The summed E-state index contributed by atoms with van der Waals surface area (Å²) >= 11 is 0. The van der Waals surface area contributed by atoms with Gasteiger partial charge in [-0.3, -0.25) is 5.21 Å². The van der Waals surface area contributed by atoms with Gasteiger partial charge in [-0.1, -0.05) is 0 Å². The molecule has 4 heterocycles. The average molecular weight is 293 g/mol. The van der Waals surface area contributed by atoms with E-state index in [4.69, 9.17) is 4.42 Å². The minimum atomic E-state index is -0.359. The minimum absolute atomic E-state index is 0.0966. The van der Waals surface area contributed by atoms with Gasteiger partial charge in [-0.05, 0) is 38.3 Å². The third kappa shape index (κ3) is 2.18. The maximum absolute atomic E-state index is 12.0. The minimum Gasteiger partial charge on any atom is -0.423 e. The fourth-order valence-corrected chi connectivity index (χ4v) is 3.53. The van der Waals surface area contributed by atoms with E-state index in [2.05, 4.69) is 15.5 Å². The molecule has 8 heteroatoms. The number of carbonyl (C=O) groups is 1. The number of rotatable bonds is 3. The molecule has 1 aromatic rings. The molecule has 3 saturated heterocycles. The Morgan fingerprint density at radius 2 is 2.24 bits per heavy atom. The topological polar surface area (TPSA) is 94.7 Å². The van der Waals surface area contributed by atoms with Crippen LogP contribution in [-0.4, -0.2) is 57.1 Å². The first-order valence-electron chi connectivity index (χ1n) is 7.54. The highest BCUT2D eigenvalue weighted by Crippen LogP contribution is 2.37. The third-order valence-electron chi connectivity index (χ3n) is 4.74. The number of hydroxylamine groups is 2.